The molecule has 0 radical (unpaired) electrons. The van der Waals surface area contributed by atoms with Crippen molar-refractivity contribution < 1.29 is 23.1 Å². The average molecular weight is 501 g/mol. The Balaban J connectivity index is 1.61. The number of furan rings is 1. The van der Waals surface area contributed by atoms with Crippen LogP contribution in [0.5, 0.6) is 0 Å². The minimum absolute atomic E-state index is 0.00288. The quantitative estimate of drug-likeness (QED) is 0.262. The van der Waals surface area contributed by atoms with E-state index in [1.165, 1.54) is 37.8 Å². The summed E-state index contributed by atoms with van der Waals surface area (Å²) in [5, 5.41) is 0. The molecule has 1 aliphatic heterocycles. The number of carbonyl (C=O) groups excluding carboxylic acids is 2. The van der Waals surface area contributed by atoms with Gasteiger partial charge in [0, 0.05) is 26.1 Å². The molecule has 7 heteroatoms. The topological polar surface area (TPSA) is 63.0 Å². The fourth-order valence-corrected chi connectivity index (χ4v) is 4.58. The lowest BCUT2D eigenvalue weighted by atomic mass is 10.1. The van der Waals surface area contributed by atoms with Gasteiger partial charge in [-0.3, -0.25) is 9.59 Å². The number of rotatable bonds is 16. The predicted molar refractivity (Wildman–Crippen MR) is 138 cm³/mol. The van der Waals surface area contributed by atoms with E-state index >= 15 is 0 Å². The SMILES string of the molecule is CCCCCCCCCC(=O)N(CC(=O)N(Cc1ccc(F)cc1)Cc1ccco1)C[C@H]1CCCO1. The van der Waals surface area contributed by atoms with E-state index in [9.17, 15) is 14.0 Å². The maximum Gasteiger partial charge on any atom is 0.242 e. The summed E-state index contributed by atoms with van der Waals surface area (Å²) >= 11 is 0. The van der Waals surface area contributed by atoms with Gasteiger partial charge < -0.3 is 19.0 Å². The van der Waals surface area contributed by atoms with Crippen LogP contribution >= 0.6 is 0 Å². The van der Waals surface area contributed by atoms with E-state index in [1.54, 1.807) is 34.3 Å². The van der Waals surface area contributed by atoms with Crippen LogP contribution in [0.1, 0.15) is 82.5 Å². The Hall–Kier alpha value is -2.67. The third kappa shape index (κ3) is 9.76. The zero-order valence-electron chi connectivity index (χ0n) is 21.6. The number of hydrogen-bond acceptors (Lipinski definition) is 4. The number of benzene rings is 1. The molecule has 6 nitrogen and oxygen atoms in total. The molecule has 0 aliphatic carbocycles. The summed E-state index contributed by atoms with van der Waals surface area (Å²) in [4.78, 5) is 30.0. The first-order valence-electron chi connectivity index (χ1n) is 13.5. The monoisotopic (exact) mass is 500 g/mol. The van der Waals surface area contributed by atoms with Crippen molar-refractivity contribution >= 4 is 11.8 Å². The van der Waals surface area contributed by atoms with Gasteiger partial charge in [0.1, 0.15) is 11.6 Å². The van der Waals surface area contributed by atoms with Crippen LogP contribution < -0.4 is 0 Å². The van der Waals surface area contributed by atoms with Gasteiger partial charge in [0.05, 0.1) is 25.5 Å². The highest BCUT2D eigenvalue weighted by atomic mass is 19.1. The number of ether oxygens (including phenoxy) is 1. The molecule has 3 rings (SSSR count). The normalized spacial score (nSPS) is 15.2. The van der Waals surface area contributed by atoms with E-state index in [0.717, 1.165) is 37.7 Å². The minimum Gasteiger partial charge on any atom is -0.467 e. The van der Waals surface area contributed by atoms with Crippen molar-refractivity contribution in [3.05, 3.63) is 59.8 Å². The minimum atomic E-state index is -0.318. The lowest BCUT2D eigenvalue weighted by molar-refractivity contribution is -0.142. The second-order valence-electron chi connectivity index (χ2n) is 9.74. The summed E-state index contributed by atoms with van der Waals surface area (Å²) in [7, 11) is 0. The van der Waals surface area contributed by atoms with Crippen LogP contribution in [0.25, 0.3) is 0 Å². The predicted octanol–water partition coefficient (Wildman–Crippen LogP) is 6.10. The number of amides is 2. The van der Waals surface area contributed by atoms with Gasteiger partial charge in [0.15, 0.2) is 0 Å². The van der Waals surface area contributed by atoms with Gasteiger partial charge in [-0.25, -0.2) is 4.39 Å². The number of unbranched alkanes of at least 4 members (excludes halogenated alkanes) is 6. The Morgan fingerprint density at radius 2 is 1.69 bits per heavy atom. The third-order valence-corrected chi connectivity index (χ3v) is 6.69. The zero-order chi connectivity index (χ0) is 25.6. The first-order chi connectivity index (χ1) is 17.5. The summed E-state index contributed by atoms with van der Waals surface area (Å²) in [5.74, 6) is 0.181. The standard InChI is InChI=1S/C29H41FN2O4/c1-2-3-4-5-6-7-8-13-28(33)32(22-27-12-10-19-36-27)23-29(34)31(21-26-11-9-18-35-26)20-24-14-16-25(30)17-15-24/h9,11,14-18,27H,2-8,10,12-13,19-23H2,1H3/t27-/m1/s1. The summed E-state index contributed by atoms with van der Waals surface area (Å²) < 4.78 is 24.7. The van der Waals surface area contributed by atoms with E-state index in [-0.39, 0.29) is 36.8 Å². The van der Waals surface area contributed by atoms with Gasteiger partial charge in [0.2, 0.25) is 11.8 Å². The molecule has 0 bridgehead atoms. The fourth-order valence-electron chi connectivity index (χ4n) is 4.58. The maximum atomic E-state index is 13.5. The fraction of sp³-hybridized carbons (Fsp3) is 0.586. The van der Waals surface area contributed by atoms with E-state index < -0.39 is 0 Å². The van der Waals surface area contributed by atoms with Crippen LogP contribution in [0.4, 0.5) is 4.39 Å². The first-order valence-corrected chi connectivity index (χ1v) is 13.5. The summed E-state index contributed by atoms with van der Waals surface area (Å²) in [5.41, 5.74) is 0.816. The van der Waals surface area contributed by atoms with Gasteiger partial charge in [-0.05, 0) is 49.1 Å². The largest absolute Gasteiger partial charge is 0.467 e. The molecular weight excluding hydrogens is 459 g/mol. The number of hydrogen-bond donors (Lipinski definition) is 0. The smallest absolute Gasteiger partial charge is 0.242 e. The molecule has 2 heterocycles. The van der Waals surface area contributed by atoms with Gasteiger partial charge in [0.25, 0.3) is 0 Å². The zero-order valence-corrected chi connectivity index (χ0v) is 21.6. The Morgan fingerprint density at radius 1 is 0.944 bits per heavy atom. The van der Waals surface area contributed by atoms with Crippen LogP contribution in [-0.2, 0) is 27.4 Å². The third-order valence-electron chi connectivity index (χ3n) is 6.69. The molecule has 198 valence electrons. The van der Waals surface area contributed by atoms with E-state index in [0.29, 0.717) is 31.9 Å². The van der Waals surface area contributed by atoms with Gasteiger partial charge in [-0.2, -0.15) is 0 Å². The molecule has 1 aromatic carbocycles. The second kappa shape index (κ2) is 15.4. The van der Waals surface area contributed by atoms with E-state index in [2.05, 4.69) is 6.92 Å². The van der Waals surface area contributed by atoms with Crippen LogP contribution in [0.3, 0.4) is 0 Å². The van der Waals surface area contributed by atoms with Crippen LogP contribution in [0.2, 0.25) is 0 Å². The molecule has 1 saturated heterocycles. The van der Waals surface area contributed by atoms with Crippen molar-refractivity contribution in [1.29, 1.82) is 0 Å². The van der Waals surface area contributed by atoms with Gasteiger partial charge in [-0.1, -0.05) is 57.6 Å². The van der Waals surface area contributed by atoms with Crippen molar-refractivity contribution in [2.24, 2.45) is 0 Å². The molecule has 1 fully saturated rings. The molecule has 2 aromatic rings. The lowest BCUT2D eigenvalue weighted by Gasteiger charge is -2.29. The molecule has 36 heavy (non-hydrogen) atoms. The highest BCUT2D eigenvalue weighted by Crippen LogP contribution is 2.17. The molecular formula is C29H41FN2O4. The van der Waals surface area contributed by atoms with Crippen molar-refractivity contribution in [2.45, 2.75) is 90.3 Å². The molecule has 1 atom stereocenters. The van der Waals surface area contributed by atoms with Gasteiger partial charge >= 0.3 is 0 Å². The Kier molecular flexibility index (Phi) is 12.0. The number of carbonyl (C=O) groups is 2. The Bertz CT molecular complexity index is 895. The van der Waals surface area contributed by atoms with Crippen LogP contribution in [0.15, 0.2) is 47.1 Å². The molecule has 0 unspecified atom stereocenters. The molecule has 0 saturated carbocycles. The van der Waals surface area contributed by atoms with Crippen LogP contribution in [0, 0.1) is 5.82 Å². The van der Waals surface area contributed by atoms with Crippen LogP contribution in [-0.4, -0.2) is 47.4 Å². The van der Waals surface area contributed by atoms with Crippen molar-refractivity contribution in [2.75, 3.05) is 19.7 Å². The van der Waals surface area contributed by atoms with Crippen molar-refractivity contribution in [3.8, 4) is 0 Å². The van der Waals surface area contributed by atoms with Crippen molar-refractivity contribution in [1.82, 2.24) is 9.80 Å². The number of nitrogens with zero attached hydrogens (tertiary/aromatic N) is 2. The molecule has 1 aliphatic rings. The average Bonchev–Trinajstić information content (AvgIpc) is 3.58. The Morgan fingerprint density at radius 3 is 2.36 bits per heavy atom. The molecule has 1 aromatic heterocycles. The first kappa shape index (κ1) is 27.9. The highest BCUT2D eigenvalue weighted by Gasteiger charge is 2.26. The second-order valence-corrected chi connectivity index (χ2v) is 9.74. The summed E-state index contributed by atoms with van der Waals surface area (Å²) in [6.45, 7) is 3.93. The molecule has 2 amide bonds. The molecule has 0 spiro atoms. The van der Waals surface area contributed by atoms with Gasteiger partial charge in [-0.15, -0.1) is 0 Å². The lowest BCUT2D eigenvalue weighted by Crippen LogP contribution is -2.45. The van der Waals surface area contributed by atoms with E-state index in [1.807, 2.05) is 6.07 Å². The maximum absolute atomic E-state index is 13.5. The van der Waals surface area contributed by atoms with Crippen molar-refractivity contribution in [3.63, 3.8) is 0 Å². The summed E-state index contributed by atoms with van der Waals surface area (Å²) in [6, 6.07) is 9.73. The number of halogens is 1. The Labute approximate surface area is 214 Å². The summed E-state index contributed by atoms with van der Waals surface area (Å²) in [6.07, 6.45) is 11.9. The van der Waals surface area contributed by atoms with E-state index in [4.69, 9.17) is 9.15 Å². The highest BCUT2D eigenvalue weighted by molar-refractivity contribution is 5.85. The molecule has 0 N–H and O–H groups in total.